The van der Waals surface area contributed by atoms with Crippen molar-refractivity contribution in [3.8, 4) is 0 Å². The Hall–Kier alpha value is -0.440. The molecule has 0 radical (unpaired) electrons. The summed E-state index contributed by atoms with van der Waals surface area (Å²) in [5.74, 6) is 0. The summed E-state index contributed by atoms with van der Waals surface area (Å²) in [7, 11) is 0. The maximum absolute atomic E-state index is 10.5. The summed E-state index contributed by atoms with van der Waals surface area (Å²) in [5, 5.41) is 56.6. The van der Waals surface area contributed by atoms with Crippen molar-refractivity contribution in [3.05, 3.63) is 0 Å². The first-order valence-corrected chi connectivity index (χ1v) is 9.89. The first-order valence-electron chi connectivity index (χ1n) is 9.89. The van der Waals surface area contributed by atoms with Crippen LogP contribution in [0.3, 0.4) is 0 Å². The van der Waals surface area contributed by atoms with Gasteiger partial charge in [-0.15, -0.1) is 0 Å². The molecule has 0 amide bonds. The molecule has 11 N–H and O–H groups in total. The predicted molar refractivity (Wildman–Crippen MR) is 100 cm³/mol. The fourth-order valence-corrected chi connectivity index (χ4v) is 3.65. The lowest BCUT2D eigenvalue weighted by atomic mass is 9.86. The Morgan fingerprint density at radius 2 is 1.86 bits per heavy atom. The van der Waals surface area contributed by atoms with Gasteiger partial charge in [-0.2, -0.15) is 0 Å². The van der Waals surface area contributed by atoms with E-state index in [1.165, 1.54) is 0 Å². The number of aliphatic hydroxyl groups excluding tert-OH is 5. The lowest BCUT2D eigenvalue weighted by Crippen LogP contribution is -2.63. The van der Waals surface area contributed by atoms with Crippen LogP contribution in [0.15, 0.2) is 0 Å². The van der Waals surface area contributed by atoms with Crippen LogP contribution in [0.2, 0.25) is 0 Å². The molecule has 0 aromatic heterocycles. The molecule has 2 fully saturated rings. The highest BCUT2D eigenvalue weighted by Crippen LogP contribution is 2.28. The summed E-state index contributed by atoms with van der Waals surface area (Å²) in [6.07, 6.45) is -7.75. The molecule has 1 aliphatic carbocycles. The Morgan fingerprint density at radius 1 is 1.14 bits per heavy atom. The zero-order valence-corrected chi connectivity index (χ0v) is 16.2. The van der Waals surface area contributed by atoms with Crippen LogP contribution in [-0.2, 0) is 9.47 Å². The molecule has 0 aromatic carbocycles. The van der Waals surface area contributed by atoms with E-state index >= 15 is 0 Å². The maximum Gasteiger partial charge on any atom is 0.187 e. The molecule has 11 nitrogen and oxygen atoms in total. The van der Waals surface area contributed by atoms with E-state index in [2.05, 4.69) is 10.6 Å². The van der Waals surface area contributed by atoms with Crippen molar-refractivity contribution in [2.75, 3.05) is 26.2 Å². The molecule has 11 heteroatoms. The number of nitrogens with two attached hydrogens (primary N) is 2. The van der Waals surface area contributed by atoms with Gasteiger partial charge in [0.2, 0.25) is 0 Å². The van der Waals surface area contributed by atoms with Gasteiger partial charge in [0.1, 0.15) is 30.5 Å². The van der Waals surface area contributed by atoms with Crippen molar-refractivity contribution in [3.63, 3.8) is 0 Å². The Labute approximate surface area is 165 Å². The maximum atomic E-state index is 10.5. The van der Waals surface area contributed by atoms with Gasteiger partial charge in [-0.25, -0.2) is 0 Å². The van der Waals surface area contributed by atoms with Crippen molar-refractivity contribution in [1.82, 2.24) is 10.6 Å². The van der Waals surface area contributed by atoms with E-state index in [1.54, 1.807) is 0 Å². The second-order valence-corrected chi connectivity index (χ2v) is 7.62. The van der Waals surface area contributed by atoms with Crippen LogP contribution in [0.1, 0.15) is 19.8 Å². The topological polar surface area (TPSA) is 196 Å². The van der Waals surface area contributed by atoms with Crippen molar-refractivity contribution in [1.29, 1.82) is 0 Å². The highest BCUT2D eigenvalue weighted by molar-refractivity contribution is 4.95. The quantitative estimate of drug-likeness (QED) is 0.178. The standard InChI is InChI=1S/C17H36N4O7/c1-2-20-7-12-13(24)14(25)15(26)17(27-12)28-16-10(19)3-8(4-11(16)23)21-6-9(22)5-18/h8-17,20-26H,2-7,18-19H2,1H3/t8-,9?,10+,11-,12-,13-,14+,15-,16?,17-/m1/s1. The number of ether oxygens (including phenoxy) is 2. The van der Waals surface area contributed by atoms with Gasteiger partial charge in [-0.05, 0) is 19.4 Å². The molecule has 166 valence electrons. The van der Waals surface area contributed by atoms with Gasteiger partial charge in [-0.1, -0.05) is 6.92 Å². The zero-order valence-electron chi connectivity index (χ0n) is 16.2. The number of hydrogen-bond acceptors (Lipinski definition) is 11. The molecule has 0 bridgehead atoms. The average Bonchev–Trinajstić information content (AvgIpc) is 2.67. The van der Waals surface area contributed by atoms with Crippen molar-refractivity contribution >= 4 is 0 Å². The van der Waals surface area contributed by atoms with Crippen LogP contribution in [0.25, 0.3) is 0 Å². The van der Waals surface area contributed by atoms with E-state index in [1.807, 2.05) is 6.92 Å². The molecule has 1 saturated heterocycles. The lowest BCUT2D eigenvalue weighted by molar-refractivity contribution is -0.315. The summed E-state index contributed by atoms with van der Waals surface area (Å²) >= 11 is 0. The minimum absolute atomic E-state index is 0.114. The molecule has 1 aliphatic heterocycles. The molecule has 0 spiro atoms. The minimum Gasteiger partial charge on any atom is -0.390 e. The van der Waals surface area contributed by atoms with Crippen molar-refractivity contribution in [2.24, 2.45) is 11.5 Å². The molecule has 2 rings (SSSR count). The monoisotopic (exact) mass is 408 g/mol. The summed E-state index contributed by atoms with van der Waals surface area (Å²) in [5.41, 5.74) is 11.5. The van der Waals surface area contributed by atoms with Gasteiger partial charge >= 0.3 is 0 Å². The fraction of sp³-hybridized carbons (Fsp3) is 1.00. The van der Waals surface area contributed by atoms with Crippen LogP contribution in [0.5, 0.6) is 0 Å². The molecule has 0 aromatic rings. The minimum atomic E-state index is -1.47. The normalized spacial score (nSPS) is 43.1. The second kappa shape index (κ2) is 11.1. The Balaban J connectivity index is 1.94. The van der Waals surface area contributed by atoms with Crippen LogP contribution < -0.4 is 22.1 Å². The Kier molecular flexibility index (Phi) is 9.44. The van der Waals surface area contributed by atoms with E-state index < -0.39 is 55.1 Å². The van der Waals surface area contributed by atoms with Gasteiger partial charge in [-0.3, -0.25) is 0 Å². The summed E-state index contributed by atoms with van der Waals surface area (Å²) in [6.45, 7) is 3.25. The van der Waals surface area contributed by atoms with Crippen LogP contribution in [-0.4, -0.2) is 113 Å². The summed E-state index contributed by atoms with van der Waals surface area (Å²) in [4.78, 5) is 0. The number of likely N-dealkylation sites (N-methyl/N-ethyl adjacent to an activating group) is 1. The highest BCUT2D eigenvalue weighted by Gasteiger charge is 2.47. The molecular formula is C17H36N4O7. The largest absolute Gasteiger partial charge is 0.390 e. The van der Waals surface area contributed by atoms with Gasteiger partial charge in [0.05, 0.1) is 12.2 Å². The third-order valence-electron chi connectivity index (χ3n) is 5.35. The molecule has 10 atom stereocenters. The average molecular weight is 408 g/mol. The predicted octanol–water partition coefficient (Wildman–Crippen LogP) is -4.45. The first kappa shape index (κ1) is 23.8. The number of hydrogen-bond donors (Lipinski definition) is 9. The van der Waals surface area contributed by atoms with Crippen molar-refractivity contribution < 1.29 is 35.0 Å². The van der Waals surface area contributed by atoms with Gasteiger partial charge < -0.3 is 57.1 Å². The van der Waals surface area contributed by atoms with Crippen molar-refractivity contribution in [2.45, 2.75) is 80.9 Å². The molecule has 1 saturated carbocycles. The van der Waals surface area contributed by atoms with E-state index in [9.17, 15) is 25.5 Å². The van der Waals surface area contributed by atoms with Crippen LogP contribution in [0.4, 0.5) is 0 Å². The Bertz CT molecular complexity index is 451. The first-order chi connectivity index (χ1) is 13.3. The third-order valence-corrected chi connectivity index (χ3v) is 5.35. The third kappa shape index (κ3) is 6.03. The zero-order chi connectivity index (χ0) is 20.8. The molecule has 2 aliphatic rings. The molecule has 28 heavy (non-hydrogen) atoms. The van der Waals surface area contributed by atoms with Crippen LogP contribution >= 0.6 is 0 Å². The van der Waals surface area contributed by atoms with E-state index in [-0.39, 0.29) is 19.1 Å². The van der Waals surface area contributed by atoms with Crippen LogP contribution in [0, 0.1) is 0 Å². The number of nitrogens with one attached hydrogen (secondary N) is 2. The molecule has 1 heterocycles. The fourth-order valence-electron chi connectivity index (χ4n) is 3.65. The van der Waals surface area contributed by atoms with Gasteiger partial charge in [0, 0.05) is 31.7 Å². The molecule has 2 unspecified atom stereocenters. The van der Waals surface area contributed by atoms with Gasteiger partial charge in [0.25, 0.3) is 0 Å². The number of rotatable bonds is 9. The number of aliphatic hydroxyl groups is 5. The molecular weight excluding hydrogens is 372 g/mol. The Morgan fingerprint density at radius 3 is 2.46 bits per heavy atom. The van der Waals surface area contributed by atoms with Gasteiger partial charge in [0.15, 0.2) is 6.29 Å². The van der Waals surface area contributed by atoms with E-state index in [4.69, 9.17) is 20.9 Å². The lowest BCUT2D eigenvalue weighted by Gasteiger charge is -2.44. The van der Waals surface area contributed by atoms with E-state index in [0.717, 1.165) is 0 Å². The second-order valence-electron chi connectivity index (χ2n) is 7.62. The highest BCUT2D eigenvalue weighted by atomic mass is 16.7. The summed E-state index contributed by atoms with van der Waals surface area (Å²) < 4.78 is 11.4. The SMILES string of the molecule is CCNC[C@H]1O[C@H](OC2[C@H](O)C[C@H](NCC(O)CN)C[C@@H]2N)[C@H](O)[C@@H](O)[C@@H]1O. The van der Waals surface area contributed by atoms with E-state index in [0.29, 0.717) is 25.9 Å². The summed E-state index contributed by atoms with van der Waals surface area (Å²) in [6, 6.07) is -0.666. The smallest absolute Gasteiger partial charge is 0.187 e.